The van der Waals surface area contributed by atoms with Crippen molar-refractivity contribution in [2.75, 3.05) is 5.32 Å². The average Bonchev–Trinajstić information content (AvgIpc) is 3.24. The molecule has 0 saturated carbocycles. The third-order valence-electron chi connectivity index (χ3n) is 4.15. The number of fused-ring (bicyclic) bond motifs is 1. The Morgan fingerprint density at radius 3 is 2.54 bits per heavy atom. The van der Waals surface area contributed by atoms with Gasteiger partial charge in [0.25, 0.3) is 5.82 Å². The van der Waals surface area contributed by atoms with E-state index in [0.717, 1.165) is 10.5 Å². The van der Waals surface area contributed by atoms with Gasteiger partial charge in [-0.15, -0.1) is 16.4 Å². The molecule has 0 bridgehead atoms. The Kier molecular flexibility index (Phi) is 3.76. The highest BCUT2D eigenvalue weighted by Crippen LogP contribution is 2.40. The van der Waals surface area contributed by atoms with Crippen molar-refractivity contribution in [3.63, 3.8) is 0 Å². The van der Waals surface area contributed by atoms with E-state index in [9.17, 15) is 18.3 Å². The fraction of sp³-hybridized carbons (Fsp3) is 0.176. The molecule has 1 aliphatic rings. The number of hydrogen-bond donors (Lipinski definition) is 2. The number of allylic oxidation sites excluding steroid dienone is 1. The lowest BCUT2D eigenvalue weighted by molar-refractivity contribution is -0.145. The minimum absolute atomic E-state index is 0.0319. The number of phenols is 1. The van der Waals surface area contributed by atoms with Crippen LogP contribution in [-0.2, 0) is 6.18 Å². The number of benzene rings is 1. The zero-order valence-electron chi connectivity index (χ0n) is 13.4. The van der Waals surface area contributed by atoms with Crippen molar-refractivity contribution in [3.8, 4) is 5.75 Å². The maximum absolute atomic E-state index is 13.1. The second kappa shape index (κ2) is 5.87. The summed E-state index contributed by atoms with van der Waals surface area (Å²) in [5.74, 6) is -1.08. The summed E-state index contributed by atoms with van der Waals surface area (Å²) in [7, 11) is 0. The standard InChI is InChI=1S/C17H13F3N4OS/c1-9-13(12-3-2-8-26-12)21-16-22-15(17(18,19)20)23-24(16)14(9)10-4-6-11(25)7-5-10/h2-8,14,25H,1H3,(H,21,22,23)/t14-/m0/s1. The van der Waals surface area contributed by atoms with Crippen LogP contribution in [0.2, 0.25) is 0 Å². The Morgan fingerprint density at radius 1 is 1.19 bits per heavy atom. The van der Waals surface area contributed by atoms with Crippen LogP contribution in [0.4, 0.5) is 19.1 Å². The molecule has 5 nitrogen and oxygen atoms in total. The van der Waals surface area contributed by atoms with Gasteiger partial charge in [0.15, 0.2) is 0 Å². The molecule has 0 saturated heterocycles. The molecule has 134 valence electrons. The molecule has 0 radical (unpaired) electrons. The van der Waals surface area contributed by atoms with Crippen LogP contribution >= 0.6 is 11.3 Å². The molecule has 9 heteroatoms. The molecular weight excluding hydrogens is 365 g/mol. The number of aromatic hydroxyl groups is 1. The summed E-state index contributed by atoms with van der Waals surface area (Å²) in [6.45, 7) is 1.84. The number of aromatic nitrogens is 3. The Morgan fingerprint density at radius 2 is 1.92 bits per heavy atom. The van der Waals surface area contributed by atoms with Crippen molar-refractivity contribution in [1.29, 1.82) is 0 Å². The van der Waals surface area contributed by atoms with E-state index in [0.29, 0.717) is 11.3 Å². The van der Waals surface area contributed by atoms with E-state index in [1.165, 1.54) is 28.2 Å². The van der Waals surface area contributed by atoms with Gasteiger partial charge in [0.05, 0.1) is 10.6 Å². The topological polar surface area (TPSA) is 63.0 Å². The highest BCUT2D eigenvalue weighted by Gasteiger charge is 2.40. The van der Waals surface area contributed by atoms with Crippen molar-refractivity contribution in [3.05, 3.63) is 63.6 Å². The first kappa shape index (κ1) is 16.6. The second-order valence-corrected chi connectivity index (χ2v) is 6.80. The molecule has 2 N–H and O–H groups in total. The van der Waals surface area contributed by atoms with Gasteiger partial charge >= 0.3 is 6.18 Å². The number of rotatable bonds is 2. The molecule has 3 aromatic rings. The minimum Gasteiger partial charge on any atom is -0.508 e. The van der Waals surface area contributed by atoms with Gasteiger partial charge < -0.3 is 10.4 Å². The van der Waals surface area contributed by atoms with E-state index in [1.807, 2.05) is 24.4 Å². The third-order valence-corrected chi connectivity index (χ3v) is 5.03. The molecule has 2 aromatic heterocycles. The molecule has 26 heavy (non-hydrogen) atoms. The number of anilines is 1. The lowest BCUT2D eigenvalue weighted by Crippen LogP contribution is -2.23. The number of thiophene rings is 1. The predicted molar refractivity (Wildman–Crippen MR) is 91.8 cm³/mol. The molecule has 3 heterocycles. The summed E-state index contributed by atoms with van der Waals surface area (Å²) < 4.78 is 40.6. The number of halogens is 3. The van der Waals surface area contributed by atoms with Crippen molar-refractivity contribution in [2.45, 2.75) is 19.1 Å². The van der Waals surface area contributed by atoms with Gasteiger partial charge in [-0.25, -0.2) is 4.68 Å². The molecule has 0 spiro atoms. The van der Waals surface area contributed by atoms with Crippen molar-refractivity contribution in [2.24, 2.45) is 0 Å². The van der Waals surface area contributed by atoms with E-state index in [4.69, 9.17) is 0 Å². The van der Waals surface area contributed by atoms with Crippen LogP contribution in [0.25, 0.3) is 5.70 Å². The highest BCUT2D eigenvalue weighted by atomic mass is 32.1. The maximum Gasteiger partial charge on any atom is 0.453 e. The Balaban J connectivity index is 1.90. The van der Waals surface area contributed by atoms with Gasteiger partial charge in [0.2, 0.25) is 5.95 Å². The monoisotopic (exact) mass is 378 g/mol. The smallest absolute Gasteiger partial charge is 0.453 e. The first-order chi connectivity index (χ1) is 12.3. The van der Waals surface area contributed by atoms with Crippen LogP contribution in [0.3, 0.4) is 0 Å². The summed E-state index contributed by atoms with van der Waals surface area (Å²) in [6.07, 6.45) is -4.64. The van der Waals surface area contributed by atoms with Gasteiger partial charge in [-0.1, -0.05) is 18.2 Å². The molecule has 0 amide bonds. The minimum atomic E-state index is -4.64. The number of phenolic OH excluding ortho intramolecular Hbond substituents is 1. The van der Waals surface area contributed by atoms with Gasteiger partial charge in [0.1, 0.15) is 11.8 Å². The SMILES string of the molecule is CC1=C(c2cccs2)Nc2nc(C(F)(F)F)nn2[C@@H]1c1ccc(O)cc1. The van der Waals surface area contributed by atoms with Crippen LogP contribution < -0.4 is 5.32 Å². The predicted octanol–water partition coefficient (Wildman–Crippen LogP) is 4.51. The summed E-state index contributed by atoms with van der Waals surface area (Å²) in [5.41, 5.74) is 2.23. The molecule has 0 unspecified atom stereocenters. The van der Waals surface area contributed by atoms with E-state index in [2.05, 4.69) is 15.4 Å². The number of hydrogen-bond acceptors (Lipinski definition) is 5. The fourth-order valence-electron chi connectivity index (χ4n) is 2.96. The normalized spacial score (nSPS) is 17.2. The molecule has 0 aliphatic carbocycles. The molecule has 0 fully saturated rings. The second-order valence-electron chi connectivity index (χ2n) is 5.86. The van der Waals surface area contributed by atoms with Crippen LogP contribution in [0.5, 0.6) is 5.75 Å². The van der Waals surface area contributed by atoms with Gasteiger partial charge in [-0.2, -0.15) is 18.2 Å². The van der Waals surface area contributed by atoms with E-state index < -0.39 is 18.0 Å². The van der Waals surface area contributed by atoms with Gasteiger partial charge in [-0.3, -0.25) is 0 Å². The molecule has 1 atom stereocenters. The zero-order valence-corrected chi connectivity index (χ0v) is 14.3. The van der Waals surface area contributed by atoms with E-state index in [-0.39, 0.29) is 11.7 Å². The Labute approximate surface area is 150 Å². The Bertz CT molecular complexity index is 975. The summed E-state index contributed by atoms with van der Waals surface area (Å²) in [4.78, 5) is 4.54. The van der Waals surface area contributed by atoms with Gasteiger partial charge in [0, 0.05) is 0 Å². The van der Waals surface area contributed by atoms with Crippen molar-refractivity contribution < 1.29 is 18.3 Å². The Hall–Kier alpha value is -2.81. The van der Waals surface area contributed by atoms with E-state index in [1.54, 1.807) is 12.1 Å². The number of nitrogens with zero attached hydrogens (tertiary/aromatic N) is 3. The van der Waals surface area contributed by atoms with Crippen LogP contribution in [0.1, 0.15) is 29.2 Å². The lowest BCUT2D eigenvalue weighted by atomic mass is 9.96. The molecule has 4 rings (SSSR count). The largest absolute Gasteiger partial charge is 0.508 e. The van der Waals surface area contributed by atoms with E-state index >= 15 is 0 Å². The van der Waals surface area contributed by atoms with Crippen LogP contribution in [0.15, 0.2) is 47.4 Å². The quantitative estimate of drug-likeness (QED) is 0.689. The first-order valence-corrected chi connectivity index (χ1v) is 8.57. The van der Waals surface area contributed by atoms with Gasteiger partial charge in [-0.05, 0) is 41.6 Å². The lowest BCUT2D eigenvalue weighted by Gasteiger charge is -2.28. The number of nitrogens with one attached hydrogen (secondary N) is 1. The third kappa shape index (κ3) is 2.74. The summed E-state index contributed by atoms with van der Waals surface area (Å²) in [5, 5.41) is 18.1. The molecule has 1 aromatic carbocycles. The average molecular weight is 378 g/mol. The first-order valence-electron chi connectivity index (χ1n) is 7.69. The maximum atomic E-state index is 13.1. The fourth-order valence-corrected chi connectivity index (χ4v) is 3.75. The summed E-state index contributed by atoms with van der Waals surface area (Å²) >= 11 is 1.48. The number of alkyl halides is 3. The molecule has 1 aliphatic heterocycles. The van der Waals surface area contributed by atoms with Crippen molar-refractivity contribution in [1.82, 2.24) is 14.8 Å². The van der Waals surface area contributed by atoms with Crippen LogP contribution in [0, 0.1) is 0 Å². The molecular formula is C17H13F3N4OS. The highest BCUT2D eigenvalue weighted by molar-refractivity contribution is 7.11. The summed E-state index contributed by atoms with van der Waals surface area (Å²) in [6, 6.07) is 9.53. The van der Waals surface area contributed by atoms with Crippen LogP contribution in [-0.4, -0.2) is 19.9 Å². The van der Waals surface area contributed by atoms with Crippen molar-refractivity contribution >= 4 is 23.0 Å². The zero-order chi connectivity index (χ0) is 18.5.